The SMILES string of the molecule is CCc1ccc(NC(=O)C(=O)NCC2CCCN2S(=O)(=O)c2ccc(C)cc2)cc1. The number of aryl methyl sites for hydroxylation is 2. The van der Waals surface area contributed by atoms with E-state index in [0.717, 1.165) is 17.5 Å². The van der Waals surface area contributed by atoms with Crippen LogP contribution in [0.15, 0.2) is 53.4 Å². The summed E-state index contributed by atoms with van der Waals surface area (Å²) in [7, 11) is -3.65. The van der Waals surface area contributed by atoms with Crippen LogP contribution < -0.4 is 10.6 Å². The molecule has 3 rings (SSSR count). The van der Waals surface area contributed by atoms with Gasteiger partial charge in [-0.2, -0.15) is 4.31 Å². The maximum Gasteiger partial charge on any atom is 0.313 e. The first-order valence-electron chi connectivity index (χ1n) is 10.1. The molecule has 1 unspecified atom stereocenters. The Morgan fingerprint density at radius 1 is 1.03 bits per heavy atom. The van der Waals surface area contributed by atoms with Crippen LogP contribution in [0.4, 0.5) is 5.69 Å². The summed E-state index contributed by atoms with van der Waals surface area (Å²) in [6.07, 6.45) is 2.23. The van der Waals surface area contributed by atoms with Crippen molar-refractivity contribution >= 4 is 27.5 Å². The number of amides is 2. The highest BCUT2D eigenvalue weighted by atomic mass is 32.2. The van der Waals surface area contributed by atoms with Gasteiger partial charge in [-0.05, 0) is 56.0 Å². The fourth-order valence-corrected chi connectivity index (χ4v) is 5.17. The van der Waals surface area contributed by atoms with Crippen molar-refractivity contribution in [3.05, 3.63) is 59.7 Å². The van der Waals surface area contributed by atoms with Crippen LogP contribution in [0.3, 0.4) is 0 Å². The van der Waals surface area contributed by atoms with Gasteiger partial charge in [-0.3, -0.25) is 9.59 Å². The highest BCUT2D eigenvalue weighted by Gasteiger charge is 2.35. The van der Waals surface area contributed by atoms with E-state index in [1.165, 1.54) is 4.31 Å². The summed E-state index contributed by atoms with van der Waals surface area (Å²) in [4.78, 5) is 24.6. The smallest absolute Gasteiger partial charge is 0.313 e. The molecule has 2 amide bonds. The number of hydrogen-bond acceptors (Lipinski definition) is 4. The minimum atomic E-state index is -3.65. The molecule has 1 saturated heterocycles. The van der Waals surface area contributed by atoms with Gasteiger partial charge in [0.25, 0.3) is 0 Å². The molecule has 7 nitrogen and oxygen atoms in total. The molecule has 1 atom stereocenters. The van der Waals surface area contributed by atoms with Gasteiger partial charge in [-0.15, -0.1) is 0 Å². The average Bonchev–Trinajstić information content (AvgIpc) is 3.22. The van der Waals surface area contributed by atoms with E-state index in [0.29, 0.717) is 25.1 Å². The molecule has 30 heavy (non-hydrogen) atoms. The molecule has 2 aromatic carbocycles. The molecule has 0 spiro atoms. The van der Waals surface area contributed by atoms with Gasteiger partial charge < -0.3 is 10.6 Å². The Hall–Kier alpha value is -2.71. The second-order valence-corrected chi connectivity index (χ2v) is 9.33. The van der Waals surface area contributed by atoms with E-state index in [-0.39, 0.29) is 17.5 Å². The molecule has 8 heteroatoms. The van der Waals surface area contributed by atoms with E-state index in [4.69, 9.17) is 0 Å². The maximum atomic E-state index is 13.0. The zero-order chi connectivity index (χ0) is 21.7. The van der Waals surface area contributed by atoms with Crippen LogP contribution in [0.5, 0.6) is 0 Å². The summed E-state index contributed by atoms with van der Waals surface area (Å²) in [5.74, 6) is -1.56. The summed E-state index contributed by atoms with van der Waals surface area (Å²) >= 11 is 0. The molecule has 2 aromatic rings. The molecule has 160 valence electrons. The molecule has 0 bridgehead atoms. The zero-order valence-corrected chi connectivity index (χ0v) is 18.0. The predicted molar refractivity (Wildman–Crippen MR) is 116 cm³/mol. The number of rotatable bonds is 6. The van der Waals surface area contributed by atoms with Crippen molar-refractivity contribution in [2.45, 2.75) is 44.0 Å². The quantitative estimate of drug-likeness (QED) is 0.690. The van der Waals surface area contributed by atoms with E-state index in [1.807, 2.05) is 26.0 Å². The van der Waals surface area contributed by atoms with Crippen molar-refractivity contribution in [3.63, 3.8) is 0 Å². The summed E-state index contributed by atoms with van der Waals surface area (Å²) in [5, 5.41) is 5.13. The van der Waals surface area contributed by atoms with E-state index >= 15 is 0 Å². The van der Waals surface area contributed by atoms with Crippen molar-refractivity contribution in [1.29, 1.82) is 0 Å². The minimum Gasteiger partial charge on any atom is -0.346 e. The Kier molecular flexibility index (Phi) is 6.89. The van der Waals surface area contributed by atoms with Crippen LogP contribution >= 0.6 is 0 Å². The van der Waals surface area contributed by atoms with Crippen LogP contribution in [0.25, 0.3) is 0 Å². The highest BCUT2D eigenvalue weighted by Crippen LogP contribution is 2.26. The summed E-state index contributed by atoms with van der Waals surface area (Å²) in [6, 6.07) is 13.6. The van der Waals surface area contributed by atoms with Gasteiger partial charge in [0.05, 0.1) is 4.90 Å². The zero-order valence-electron chi connectivity index (χ0n) is 17.2. The average molecular weight is 430 g/mol. The molecule has 0 aliphatic carbocycles. The third kappa shape index (κ3) is 5.06. The van der Waals surface area contributed by atoms with Gasteiger partial charge in [-0.1, -0.05) is 36.8 Å². The van der Waals surface area contributed by atoms with Crippen LogP contribution in [0.1, 0.15) is 30.9 Å². The Labute approximate surface area is 177 Å². The molecule has 1 aliphatic heterocycles. The normalized spacial score (nSPS) is 16.9. The molecule has 0 saturated carbocycles. The number of benzene rings is 2. The molecule has 2 N–H and O–H groups in total. The van der Waals surface area contributed by atoms with Gasteiger partial charge in [0, 0.05) is 24.8 Å². The summed E-state index contributed by atoms with van der Waals surface area (Å²) < 4.78 is 27.3. The maximum absolute atomic E-state index is 13.0. The Balaban J connectivity index is 1.59. The Morgan fingerprint density at radius 2 is 1.70 bits per heavy atom. The molecule has 1 fully saturated rings. The van der Waals surface area contributed by atoms with Gasteiger partial charge in [0.2, 0.25) is 10.0 Å². The molecule has 1 aliphatic rings. The van der Waals surface area contributed by atoms with Crippen molar-refractivity contribution in [3.8, 4) is 0 Å². The first-order chi connectivity index (χ1) is 14.3. The second-order valence-electron chi connectivity index (χ2n) is 7.44. The van der Waals surface area contributed by atoms with E-state index in [9.17, 15) is 18.0 Å². The fourth-order valence-electron chi connectivity index (χ4n) is 3.48. The lowest BCUT2D eigenvalue weighted by Gasteiger charge is -2.24. The van der Waals surface area contributed by atoms with E-state index in [1.54, 1.807) is 36.4 Å². The van der Waals surface area contributed by atoms with Crippen LogP contribution in [-0.4, -0.2) is 43.7 Å². The van der Waals surface area contributed by atoms with Crippen molar-refractivity contribution in [2.75, 3.05) is 18.4 Å². The first kappa shape index (κ1) is 22.0. The molecule has 0 radical (unpaired) electrons. The van der Waals surface area contributed by atoms with E-state index < -0.39 is 21.8 Å². The number of nitrogens with one attached hydrogen (secondary N) is 2. The summed E-state index contributed by atoms with van der Waals surface area (Å²) in [5.41, 5.74) is 2.65. The minimum absolute atomic E-state index is 0.0894. The number of sulfonamides is 1. The largest absolute Gasteiger partial charge is 0.346 e. The molecular weight excluding hydrogens is 402 g/mol. The van der Waals surface area contributed by atoms with Gasteiger partial charge >= 0.3 is 11.8 Å². The van der Waals surface area contributed by atoms with Crippen molar-refractivity contribution in [2.24, 2.45) is 0 Å². The molecule has 1 heterocycles. The topological polar surface area (TPSA) is 95.6 Å². The number of nitrogens with zero attached hydrogens (tertiary/aromatic N) is 1. The lowest BCUT2D eigenvalue weighted by molar-refractivity contribution is -0.136. The van der Waals surface area contributed by atoms with Crippen molar-refractivity contribution in [1.82, 2.24) is 9.62 Å². The second kappa shape index (κ2) is 9.40. The lowest BCUT2D eigenvalue weighted by Crippen LogP contribution is -2.45. The third-order valence-corrected chi connectivity index (χ3v) is 7.24. The summed E-state index contributed by atoms with van der Waals surface area (Å²) in [6.45, 7) is 4.42. The predicted octanol–water partition coefficient (Wildman–Crippen LogP) is 2.47. The number of anilines is 1. The van der Waals surface area contributed by atoms with E-state index in [2.05, 4.69) is 10.6 Å². The lowest BCUT2D eigenvalue weighted by atomic mass is 10.1. The van der Waals surface area contributed by atoms with Gasteiger partial charge in [-0.25, -0.2) is 8.42 Å². The highest BCUT2D eigenvalue weighted by molar-refractivity contribution is 7.89. The standard InChI is InChI=1S/C22H27N3O4S/c1-3-17-8-10-18(11-9-17)24-22(27)21(26)23-15-19-5-4-14-25(19)30(28,29)20-12-6-16(2)7-13-20/h6-13,19H,3-5,14-15H2,1-2H3,(H,23,26)(H,24,27). The molecular formula is C22H27N3O4S. The first-order valence-corrected chi connectivity index (χ1v) is 11.5. The van der Waals surface area contributed by atoms with Crippen molar-refractivity contribution < 1.29 is 18.0 Å². The van der Waals surface area contributed by atoms with Crippen LogP contribution in [0, 0.1) is 6.92 Å². The number of hydrogen-bond donors (Lipinski definition) is 2. The van der Waals surface area contributed by atoms with Crippen LogP contribution in [-0.2, 0) is 26.0 Å². The Bertz CT molecular complexity index is 1000. The third-order valence-electron chi connectivity index (χ3n) is 5.28. The van der Waals surface area contributed by atoms with Gasteiger partial charge in [0.1, 0.15) is 0 Å². The number of carbonyl (C=O) groups is 2. The molecule has 0 aromatic heterocycles. The number of carbonyl (C=O) groups excluding carboxylic acids is 2. The van der Waals surface area contributed by atoms with Gasteiger partial charge in [0.15, 0.2) is 0 Å². The fraction of sp³-hybridized carbons (Fsp3) is 0.364. The van der Waals surface area contributed by atoms with Crippen LogP contribution in [0.2, 0.25) is 0 Å². The monoisotopic (exact) mass is 429 g/mol. The Morgan fingerprint density at radius 3 is 2.33 bits per heavy atom.